The van der Waals surface area contributed by atoms with Crippen molar-refractivity contribution in [2.75, 3.05) is 13.2 Å². The first-order chi connectivity index (χ1) is 18.2. The van der Waals surface area contributed by atoms with Gasteiger partial charge in [0.15, 0.2) is 6.61 Å². The van der Waals surface area contributed by atoms with Gasteiger partial charge in [0.25, 0.3) is 5.91 Å². The predicted octanol–water partition coefficient (Wildman–Crippen LogP) is 6.23. The zero-order valence-electron chi connectivity index (χ0n) is 23.5. The number of aryl methyl sites for hydroxylation is 1. The molecule has 1 atom stereocenters. The summed E-state index contributed by atoms with van der Waals surface area (Å²) in [5.41, 5.74) is 4.00. The minimum atomic E-state index is -0.664. The summed E-state index contributed by atoms with van der Waals surface area (Å²) in [6, 6.07) is 25.0. The summed E-state index contributed by atoms with van der Waals surface area (Å²) < 4.78 is 6.13. The van der Waals surface area contributed by atoms with E-state index in [2.05, 4.69) is 33.0 Å². The molecule has 0 aliphatic heterocycles. The monoisotopic (exact) mass is 514 g/mol. The molecule has 0 saturated carbocycles. The van der Waals surface area contributed by atoms with Crippen molar-refractivity contribution in [3.05, 3.63) is 101 Å². The second kappa shape index (κ2) is 13.8. The molecular weight excluding hydrogens is 472 g/mol. The molecular formula is C33H42N2O3. The second-order valence-corrected chi connectivity index (χ2v) is 10.8. The number of nitrogens with one attached hydrogen (secondary N) is 1. The Morgan fingerprint density at radius 2 is 1.58 bits per heavy atom. The van der Waals surface area contributed by atoms with Gasteiger partial charge in [-0.25, -0.2) is 0 Å². The molecule has 0 aromatic heterocycles. The Morgan fingerprint density at radius 1 is 0.921 bits per heavy atom. The van der Waals surface area contributed by atoms with E-state index in [1.165, 1.54) is 0 Å². The summed E-state index contributed by atoms with van der Waals surface area (Å²) in [4.78, 5) is 29.1. The van der Waals surface area contributed by atoms with Gasteiger partial charge < -0.3 is 15.0 Å². The highest BCUT2D eigenvalue weighted by molar-refractivity contribution is 5.88. The minimum absolute atomic E-state index is 0.129. The fourth-order valence-electron chi connectivity index (χ4n) is 4.47. The van der Waals surface area contributed by atoms with Crippen LogP contribution in [0.3, 0.4) is 0 Å². The van der Waals surface area contributed by atoms with Crippen molar-refractivity contribution in [2.45, 2.75) is 71.9 Å². The smallest absolute Gasteiger partial charge is 0.261 e. The van der Waals surface area contributed by atoms with Crippen LogP contribution in [0, 0.1) is 6.92 Å². The van der Waals surface area contributed by atoms with Crippen LogP contribution in [0.4, 0.5) is 0 Å². The molecule has 0 bridgehead atoms. The van der Waals surface area contributed by atoms with Gasteiger partial charge in [0.2, 0.25) is 5.91 Å². The van der Waals surface area contributed by atoms with Crippen molar-refractivity contribution in [1.29, 1.82) is 0 Å². The fraction of sp³-hybridized carbons (Fsp3) is 0.394. The lowest BCUT2D eigenvalue weighted by molar-refractivity contribution is -0.142. The van der Waals surface area contributed by atoms with E-state index in [0.29, 0.717) is 25.3 Å². The number of unbranched alkanes of at least 4 members (excludes halogenated alkanes) is 1. The van der Waals surface area contributed by atoms with Gasteiger partial charge in [0.05, 0.1) is 0 Å². The minimum Gasteiger partial charge on any atom is -0.483 e. The number of ether oxygens (including phenoxy) is 1. The van der Waals surface area contributed by atoms with E-state index in [0.717, 1.165) is 35.1 Å². The van der Waals surface area contributed by atoms with Crippen LogP contribution in [0.1, 0.15) is 62.8 Å². The Labute approximate surface area is 228 Å². The number of carbonyl (C=O) groups excluding carboxylic acids is 2. The highest BCUT2D eigenvalue weighted by Gasteiger charge is 2.31. The highest BCUT2D eigenvalue weighted by Crippen LogP contribution is 2.31. The topological polar surface area (TPSA) is 58.6 Å². The molecule has 5 heteroatoms. The van der Waals surface area contributed by atoms with E-state index in [-0.39, 0.29) is 23.8 Å². The van der Waals surface area contributed by atoms with Gasteiger partial charge in [-0.2, -0.15) is 0 Å². The summed E-state index contributed by atoms with van der Waals surface area (Å²) in [5, 5.41) is 3.07. The van der Waals surface area contributed by atoms with Crippen molar-refractivity contribution in [3.8, 4) is 5.75 Å². The van der Waals surface area contributed by atoms with Crippen molar-refractivity contribution in [3.63, 3.8) is 0 Å². The third-order valence-electron chi connectivity index (χ3n) is 6.75. The summed E-state index contributed by atoms with van der Waals surface area (Å²) in [6.07, 6.45) is 2.30. The fourth-order valence-corrected chi connectivity index (χ4v) is 4.47. The number of hydrogen-bond acceptors (Lipinski definition) is 3. The number of benzene rings is 3. The maximum atomic E-state index is 13.9. The van der Waals surface area contributed by atoms with Crippen molar-refractivity contribution < 1.29 is 14.3 Å². The Bertz CT molecular complexity index is 1180. The first kappa shape index (κ1) is 29.0. The summed E-state index contributed by atoms with van der Waals surface area (Å²) in [6.45, 7) is 11.3. The second-order valence-electron chi connectivity index (χ2n) is 10.8. The van der Waals surface area contributed by atoms with Crippen molar-refractivity contribution >= 4 is 11.8 Å². The van der Waals surface area contributed by atoms with E-state index in [1.54, 1.807) is 4.90 Å². The number of nitrogens with zero attached hydrogens (tertiary/aromatic N) is 1. The number of para-hydroxylation sites is 1. The lowest BCUT2D eigenvalue weighted by Crippen LogP contribution is -2.52. The molecule has 3 aromatic carbocycles. The van der Waals surface area contributed by atoms with Gasteiger partial charge in [-0.05, 0) is 47.1 Å². The normalized spacial score (nSPS) is 12.0. The quantitative estimate of drug-likeness (QED) is 0.292. The SMILES string of the molecule is CCCCNC(=O)C(Cc1ccccc1)N(Cc1ccccc1C)C(=O)COc1ccccc1C(C)(C)C. The Kier molecular flexibility index (Phi) is 10.5. The van der Waals surface area contributed by atoms with Crippen LogP contribution in [0.2, 0.25) is 0 Å². The molecule has 0 saturated heterocycles. The lowest BCUT2D eigenvalue weighted by Gasteiger charge is -2.32. The van der Waals surface area contributed by atoms with Crippen molar-refractivity contribution in [2.24, 2.45) is 0 Å². The molecule has 1 N–H and O–H groups in total. The van der Waals surface area contributed by atoms with Crippen LogP contribution in [-0.2, 0) is 28.0 Å². The molecule has 0 aliphatic rings. The lowest BCUT2D eigenvalue weighted by atomic mass is 9.86. The van der Waals surface area contributed by atoms with Gasteiger partial charge in [-0.1, -0.05) is 107 Å². The molecule has 202 valence electrons. The summed E-state index contributed by atoms with van der Waals surface area (Å²) in [5.74, 6) is 0.332. The predicted molar refractivity (Wildman–Crippen MR) is 154 cm³/mol. The molecule has 38 heavy (non-hydrogen) atoms. The summed E-state index contributed by atoms with van der Waals surface area (Å²) >= 11 is 0. The van der Waals surface area contributed by atoms with E-state index in [1.807, 2.05) is 85.8 Å². The van der Waals surface area contributed by atoms with Gasteiger partial charge in [-0.3, -0.25) is 9.59 Å². The van der Waals surface area contributed by atoms with E-state index < -0.39 is 6.04 Å². The molecule has 0 aliphatic carbocycles. The molecule has 5 nitrogen and oxygen atoms in total. The third-order valence-corrected chi connectivity index (χ3v) is 6.75. The molecule has 1 unspecified atom stereocenters. The van der Waals surface area contributed by atoms with Crippen LogP contribution >= 0.6 is 0 Å². The average Bonchev–Trinajstić information content (AvgIpc) is 2.90. The highest BCUT2D eigenvalue weighted by atomic mass is 16.5. The molecule has 3 aromatic rings. The van der Waals surface area contributed by atoms with Crippen molar-refractivity contribution in [1.82, 2.24) is 10.2 Å². The van der Waals surface area contributed by atoms with E-state index in [4.69, 9.17) is 4.74 Å². The first-order valence-electron chi connectivity index (χ1n) is 13.6. The standard InChI is InChI=1S/C33H42N2O3/c1-6-7-21-34-32(37)29(22-26-16-9-8-10-17-26)35(23-27-18-12-11-15-25(27)2)31(36)24-38-30-20-14-13-19-28(30)33(3,4)5/h8-20,29H,6-7,21-24H2,1-5H3,(H,34,37). The van der Waals surface area contributed by atoms with E-state index >= 15 is 0 Å². The van der Waals surface area contributed by atoms with Crippen LogP contribution in [-0.4, -0.2) is 35.9 Å². The average molecular weight is 515 g/mol. The zero-order valence-corrected chi connectivity index (χ0v) is 23.5. The zero-order chi connectivity index (χ0) is 27.5. The number of hydrogen-bond donors (Lipinski definition) is 1. The van der Waals surface area contributed by atoms with Crippen LogP contribution in [0.15, 0.2) is 78.9 Å². The number of carbonyl (C=O) groups is 2. The number of rotatable bonds is 12. The maximum Gasteiger partial charge on any atom is 0.261 e. The van der Waals surface area contributed by atoms with Crippen LogP contribution in [0.25, 0.3) is 0 Å². The largest absolute Gasteiger partial charge is 0.483 e. The third kappa shape index (κ3) is 8.20. The Hall–Kier alpha value is -3.60. The maximum absolute atomic E-state index is 13.9. The molecule has 3 rings (SSSR count). The van der Waals surface area contributed by atoms with Crippen LogP contribution in [0.5, 0.6) is 5.75 Å². The molecule has 0 spiro atoms. The van der Waals surface area contributed by atoms with Gasteiger partial charge >= 0.3 is 0 Å². The Balaban J connectivity index is 1.93. The van der Waals surface area contributed by atoms with Gasteiger partial charge in [-0.15, -0.1) is 0 Å². The van der Waals surface area contributed by atoms with Gasteiger partial charge in [0, 0.05) is 19.5 Å². The van der Waals surface area contributed by atoms with Crippen LogP contribution < -0.4 is 10.1 Å². The molecule has 2 amide bonds. The molecule has 0 fully saturated rings. The summed E-state index contributed by atoms with van der Waals surface area (Å²) in [7, 11) is 0. The molecule has 0 radical (unpaired) electrons. The Morgan fingerprint density at radius 3 is 2.26 bits per heavy atom. The first-order valence-corrected chi connectivity index (χ1v) is 13.6. The molecule has 0 heterocycles. The number of amides is 2. The van der Waals surface area contributed by atoms with E-state index in [9.17, 15) is 9.59 Å². The van der Waals surface area contributed by atoms with Gasteiger partial charge in [0.1, 0.15) is 11.8 Å².